The standard InChI is InChI=1S/C17H28N2O/c1-13(2)17(15-8-10-19-11-9-15)20-12-16(18)14-6-4-3-5-7-14/h3-7,13,15-17,19H,8-12,18H2,1-2H3/t16-,17?/m0/s1. The maximum atomic E-state index is 6.24. The Morgan fingerprint density at radius 1 is 1.20 bits per heavy atom. The fourth-order valence-corrected chi connectivity index (χ4v) is 3.06. The van der Waals surface area contributed by atoms with Crippen LogP contribution in [-0.4, -0.2) is 25.8 Å². The predicted octanol–water partition coefficient (Wildman–Crippen LogP) is 2.73. The van der Waals surface area contributed by atoms with Gasteiger partial charge in [0, 0.05) is 0 Å². The van der Waals surface area contributed by atoms with Gasteiger partial charge in [-0.3, -0.25) is 0 Å². The van der Waals surface area contributed by atoms with Crippen LogP contribution in [0.2, 0.25) is 0 Å². The summed E-state index contributed by atoms with van der Waals surface area (Å²) in [5, 5.41) is 3.42. The van der Waals surface area contributed by atoms with Crippen LogP contribution in [0.1, 0.15) is 38.3 Å². The molecule has 0 aromatic heterocycles. The summed E-state index contributed by atoms with van der Waals surface area (Å²) < 4.78 is 6.21. The van der Waals surface area contributed by atoms with Crippen molar-refractivity contribution in [1.82, 2.24) is 5.32 Å². The van der Waals surface area contributed by atoms with Crippen molar-refractivity contribution in [3.05, 3.63) is 35.9 Å². The molecule has 1 unspecified atom stereocenters. The number of ether oxygens (including phenoxy) is 1. The molecule has 1 fully saturated rings. The monoisotopic (exact) mass is 276 g/mol. The number of rotatable bonds is 6. The van der Waals surface area contributed by atoms with Gasteiger partial charge in [0.05, 0.1) is 18.8 Å². The molecule has 0 aliphatic carbocycles. The normalized spacial score (nSPS) is 20.0. The molecule has 20 heavy (non-hydrogen) atoms. The van der Waals surface area contributed by atoms with Crippen molar-refractivity contribution in [2.24, 2.45) is 17.6 Å². The molecular weight excluding hydrogens is 248 g/mol. The molecule has 1 aromatic rings. The van der Waals surface area contributed by atoms with E-state index >= 15 is 0 Å². The van der Waals surface area contributed by atoms with Crippen molar-refractivity contribution in [2.45, 2.75) is 38.8 Å². The lowest BCUT2D eigenvalue weighted by atomic mass is 9.86. The molecule has 0 radical (unpaired) electrons. The van der Waals surface area contributed by atoms with Gasteiger partial charge in [0.15, 0.2) is 0 Å². The minimum Gasteiger partial charge on any atom is -0.376 e. The van der Waals surface area contributed by atoms with Gasteiger partial charge in [-0.2, -0.15) is 0 Å². The number of nitrogens with two attached hydrogens (primary N) is 1. The van der Waals surface area contributed by atoms with E-state index in [4.69, 9.17) is 10.5 Å². The average Bonchev–Trinajstić information content (AvgIpc) is 2.49. The molecule has 0 amide bonds. The van der Waals surface area contributed by atoms with E-state index in [1.54, 1.807) is 0 Å². The second-order valence-electron chi connectivity index (χ2n) is 6.15. The van der Waals surface area contributed by atoms with Gasteiger partial charge in [-0.1, -0.05) is 44.2 Å². The number of hydrogen-bond donors (Lipinski definition) is 2. The Labute approximate surface area is 122 Å². The highest BCUT2D eigenvalue weighted by atomic mass is 16.5. The third-order valence-electron chi connectivity index (χ3n) is 4.20. The molecule has 3 heteroatoms. The van der Waals surface area contributed by atoms with E-state index in [-0.39, 0.29) is 6.04 Å². The van der Waals surface area contributed by atoms with Crippen molar-refractivity contribution in [3.63, 3.8) is 0 Å². The minimum absolute atomic E-state index is 0.0286. The molecule has 1 saturated heterocycles. The first-order valence-corrected chi connectivity index (χ1v) is 7.81. The lowest BCUT2D eigenvalue weighted by Crippen LogP contribution is -2.39. The van der Waals surface area contributed by atoms with Gasteiger partial charge in [0.1, 0.15) is 0 Å². The highest BCUT2D eigenvalue weighted by molar-refractivity contribution is 5.18. The van der Waals surface area contributed by atoms with E-state index in [9.17, 15) is 0 Å². The molecular formula is C17H28N2O. The van der Waals surface area contributed by atoms with Gasteiger partial charge in [-0.05, 0) is 43.3 Å². The van der Waals surface area contributed by atoms with Gasteiger partial charge < -0.3 is 15.8 Å². The maximum Gasteiger partial charge on any atom is 0.0663 e. The van der Waals surface area contributed by atoms with Crippen LogP contribution in [0, 0.1) is 11.8 Å². The van der Waals surface area contributed by atoms with Crippen LogP contribution < -0.4 is 11.1 Å². The van der Waals surface area contributed by atoms with Gasteiger partial charge in [-0.15, -0.1) is 0 Å². The summed E-state index contributed by atoms with van der Waals surface area (Å²) in [6.45, 7) is 7.34. The molecule has 0 saturated carbocycles. The van der Waals surface area contributed by atoms with E-state index in [0.29, 0.717) is 24.5 Å². The van der Waals surface area contributed by atoms with Gasteiger partial charge in [0.25, 0.3) is 0 Å². The number of benzene rings is 1. The zero-order chi connectivity index (χ0) is 14.4. The Balaban J connectivity index is 1.88. The first kappa shape index (κ1) is 15.5. The van der Waals surface area contributed by atoms with Crippen molar-refractivity contribution >= 4 is 0 Å². The maximum absolute atomic E-state index is 6.24. The summed E-state index contributed by atoms with van der Waals surface area (Å²) >= 11 is 0. The van der Waals surface area contributed by atoms with Crippen molar-refractivity contribution in [1.29, 1.82) is 0 Å². The van der Waals surface area contributed by atoms with E-state index in [1.165, 1.54) is 12.8 Å². The highest BCUT2D eigenvalue weighted by Crippen LogP contribution is 2.25. The van der Waals surface area contributed by atoms with E-state index in [2.05, 4.69) is 31.3 Å². The Morgan fingerprint density at radius 2 is 1.85 bits per heavy atom. The number of nitrogens with one attached hydrogen (secondary N) is 1. The molecule has 0 bridgehead atoms. The second-order valence-corrected chi connectivity index (χ2v) is 6.15. The van der Waals surface area contributed by atoms with Crippen molar-refractivity contribution < 1.29 is 4.74 Å². The predicted molar refractivity (Wildman–Crippen MR) is 83.5 cm³/mol. The summed E-state index contributed by atoms with van der Waals surface area (Å²) in [6, 6.07) is 10.2. The van der Waals surface area contributed by atoms with Crippen LogP contribution >= 0.6 is 0 Å². The molecule has 3 N–H and O–H groups in total. The average molecular weight is 276 g/mol. The smallest absolute Gasteiger partial charge is 0.0663 e. The molecule has 1 aliphatic heterocycles. The highest BCUT2D eigenvalue weighted by Gasteiger charge is 2.27. The molecule has 2 atom stereocenters. The zero-order valence-corrected chi connectivity index (χ0v) is 12.7. The number of piperidine rings is 1. The second kappa shape index (κ2) is 7.77. The van der Waals surface area contributed by atoms with Crippen molar-refractivity contribution in [2.75, 3.05) is 19.7 Å². The quantitative estimate of drug-likeness (QED) is 0.840. The van der Waals surface area contributed by atoms with Crippen LogP contribution in [0.25, 0.3) is 0 Å². The topological polar surface area (TPSA) is 47.3 Å². The fourth-order valence-electron chi connectivity index (χ4n) is 3.06. The third kappa shape index (κ3) is 4.30. The van der Waals surface area contributed by atoms with E-state index in [0.717, 1.165) is 18.7 Å². The summed E-state index contributed by atoms with van der Waals surface area (Å²) in [7, 11) is 0. The SMILES string of the molecule is CC(C)C(OC[C@H](N)c1ccccc1)C1CCNCC1. The summed E-state index contributed by atoms with van der Waals surface area (Å²) in [6.07, 6.45) is 2.75. The van der Waals surface area contributed by atoms with E-state index < -0.39 is 0 Å². The van der Waals surface area contributed by atoms with Gasteiger partial charge in [-0.25, -0.2) is 0 Å². The molecule has 0 spiro atoms. The summed E-state index contributed by atoms with van der Waals surface area (Å²) in [4.78, 5) is 0. The lowest BCUT2D eigenvalue weighted by Gasteiger charge is -2.34. The third-order valence-corrected chi connectivity index (χ3v) is 4.20. The minimum atomic E-state index is -0.0286. The van der Waals surface area contributed by atoms with Crippen LogP contribution in [0.15, 0.2) is 30.3 Å². The van der Waals surface area contributed by atoms with Gasteiger partial charge in [0.2, 0.25) is 0 Å². The molecule has 3 nitrogen and oxygen atoms in total. The summed E-state index contributed by atoms with van der Waals surface area (Å²) in [5.74, 6) is 1.21. The van der Waals surface area contributed by atoms with Crippen LogP contribution in [0.3, 0.4) is 0 Å². The molecule has 1 heterocycles. The fraction of sp³-hybridized carbons (Fsp3) is 0.647. The molecule has 112 valence electrons. The Kier molecular flexibility index (Phi) is 6.02. The Morgan fingerprint density at radius 3 is 2.45 bits per heavy atom. The van der Waals surface area contributed by atoms with Crippen LogP contribution in [0.5, 0.6) is 0 Å². The first-order valence-electron chi connectivity index (χ1n) is 7.81. The van der Waals surface area contributed by atoms with E-state index in [1.807, 2.05) is 18.2 Å². The molecule has 1 aromatic carbocycles. The van der Waals surface area contributed by atoms with Crippen molar-refractivity contribution in [3.8, 4) is 0 Å². The van der Waals surface area contributed by atoms with Crippen LogP contribution in [0.4, 0.5) is 0 Å². The lowest BCUT2D eigenvalue weighted by molar-refractivity contribution is -0.0318. The molecule has 2 rings (SSSR count). The Bertz CT molecular complexity index is 374. The van der Waals surface area contributed by atoms with Gasteiger partial charge >= 0.3 is 0 Å². The molecule has 1 aliphatic rings. The first-order chi connectivity index (χ1) is 9.68. The summed E-state index contributed by atoms with van der Waals surface area (Å²) in [5.41, 5.74) is 7.39. The van der Waals surface area contributed by atoms with Crippen LogP contribution in [-0.2, 0) is 4.74 Å². The number of hydrogen-bond acceptors (Lipinski definition) is 3. The zero-order valence-electron chi connectivity index (χ0n) is 12.7. The largest absolute Gasteiger partial charge is 0.376 e. The Hall–Kier alpha value is -0.900.